The average Bonchev–Trinajstić information content (AvgIpc) is 2.92. The minimum Gasteiger partial charge on any atom is -0.414 e. The van der Waals surface area contributed by atoms with Crippen LogP contribution in [0.1, 0.15) is 51.0 Å². The summed E-state index contributed by atoms with van der Waals surface area (Å²) in [5.41, 5.74) is 0. The summed E-state index contributed by atoms with van der Waals surface area (Å²) in [6.45, 7) is 13.1. The molecule has 24 heavy (non-hydrogen) atoms. The zero-order valence-electron chi connectivity index (χ0n) is 15.5. The summed E-state index contributed by atoms with van der Waals surface area (Å²) in [7, 11) is -1.87. The highest BCUT2D eigenvalue weighted by Crippen LogP contribution is 2.41. The lowest BCUT2D eigenvalue weighted by molar-refractivity contribution is -0.00760. The van der Waals surface area contributed by atoms with Crippen molar-refractivity contribution in [3.8, 4) is 0 Å². The fourth-order valence-electron chi connectivity index (χ4n) is 2.85. The monoisotopic (exact) mass is 482 g/mol. The van der Waals surface area contributed by atoms with Gasteiger partial charge in [-0.15, -0.1) is 11.3 Å². The lowest BCUT2D eigenvalue weighted by atomic mass is 9.90. The van der Waals surface area contributed by atoms with E-state index in [1.165, 1.54) is 0 Å². The zero-order valence-corrected chi connectivity index (χ0v) is 19.4. The molecule has 0 aromatic carbocycles. The third-order valence-electron chi connectivity index (χ3n) is 5.45. The Hall–Kier alpha value is 0.527. The number of hydrogen-bond acceptors (Lipinski definition) is 4. The normalized spacial score (nSPS) is 20.1. The molecule has 6 heteroatoms. The summed E-state index contributed by atoms with van der Waals surface area (Å²) in [4.78, 5) is 1.08. The first-order valence-electron chi connectivity index (χ1n) is 8.78. The number of rotatable bonds is 6. The number of halogens is 1. The van der Waals surface area contributed by atoms with Crippen LogP contribution in [0.5, 0.6) is 0 Å². The average molecular weight is 483 g/mol. The maximum Gasteiger partial charge on any atom is 0.192 e. The first-order valence-corrected chi connectivity index (χ1v) is 13.6. The Balaban J connectivity index is 2.15. The molecule has 0 bridgehead atoms. The van der Waals surface area contributed by atoms with E-state index in [-0.39, 0.29) is 11.1 Å². The van der Waals surface area contributed by atoms with Crippen LogP contribution < -0.4 is 0 Å². The van der Waals surface area contributed by atoms with E-state index in [0.29, 0.717) is 12.3 Å². The van der Waals surface area contributed by atoms with Crippen molar-refractivity contribution >= 4 is 42.2 Å². The summed E-state index contributed by atoms with van der Waals surface area (Å²) < 4.78 is 13.5. The zero-order chi connectivity index (χ0) is 18.0. The van der Waals surface area contributed by atoms with Crippen LogP contribution in [-0.4, -0.2) is 32.7 Å². The van der Waals surface area contributed by atoms with Gasteiger partial charge < -0.3 is 14.3 Å². The van der Waals surface area contributed by atoms with Crippen molar-refractivity contribution in [2.24, 2.45) is 5.92 Å². The number of ether oxygens (including phenoxy) is 1. The Morgan fingerprint density at radius 1 is 1.38 bits per heavy atom. The molecule has 138 valence electrons. The van der Waals surface area contributed by atoms with Crippen LogP contribution >= 0.6 is 33.9 Å². The Kier molecular flexibility index (Phi) is 7.36. The third-order valence-corrected chi connectivity index (χ3v) is 12.3. The SMILES string of the molecule is CC(C)(C)[Si](C)(C)O[C@@H](CC(O)c1sccc1I)C1CCOCC1. The molecule has 2 atom stereocenters. The van der Waals surface area contributed by atoms with Gasteiger partial charge in [0, 0.05) is 28.1 Å². The molecular formula is C18H31IO3SSi. The smallest absolute Gasteiger partial charge is 0.192 e. The van der Waals surface area contributed by atoms with E-state index in [1.54, 1.807) is 11.3 Å². The summed E-state index contributed by atoms with van der Waals surface area (Å²) in [5.74, 6) is 0.486. The summed E-state index contributed by atoms with van der Waals surface area (Å²) in [6, 6.07) is 2.07. The molecule has 1 saturated heterocycles. The van der Waals surface area contributed by atoms with E-state index in [9.17, 15) is 5.11 Å². The quantitative estimate of drug-likeness (QED) is 0.424. The van der Waals surface area contributed by atoms with Crippen LogP contribution in [0.3, 0.4) is 0 Å². The van der Waals surface area contributed by atoms with Crippen LogP contribution in [0.2, 0.25) is 18.1 Å². The highest BCUT2D eigenvalue weighted by Gasteiger charge is 2.41. The molecule has 1 aliphatic rings. The van der Waals surface area contributed by atoms with E-state index >= 15 is 0 Å². The molecule has 1 N–H and O–H groups in total. The second-order valence-electron chi connectivity index (χ2n) is 8.25. The van der Waals surface area contributed by atoms with Crippen molar-refractivity contribution in [3.63, 3.8) is 0 Å². The van der Waals surface area contributed by atoms with Crippen molar-refractivity contribution in [2.75, 3.05) is 13.2 Å². The second kappa shape index (κ2) is 8.48. The minimum atomic E-state index is -1.87. The molecule has 0 spiro atoms. The Labute approximate surface area is 165 Å². The summed E-state index contributed by atoms with van der Waals surface area (Å²) in [6.07, 6.45) is 2.44. The molecule has 0 saturated carbocycles. The van der Waals surface area contributed by atoms with Crippen LogP contribution in [0, 0.1) is 9.49 Å². The van der Waals surface area contributed by atoms with E-state index in [2.05, 4.69) is 67.9 Å². The van der Waals surface area contributed by atoms with Gasteiger partial charge in [-0.05, 0) is 70.9 Å². The molecule has 1 aromatic rings. The van der Waals surface area contributed by atoms with Gasteiger partial charge in [0.05, 0.1) is 12.2 Å². The van der Waals surface area contributed by atoms with Gasteiger partial charge in [0.25, 0.3) is 0 Å². The Bertz CT molecular complexity index is 521. The van der Waals surface area contributed by atoms with Crippen LogP contribution in [0.4, 0.5) is 0 Å². The standard InChI is InChI=1S/C18H31IO3SSi/c1-18(2,3)24(4,5)22-16(13-6-9-21-10-7-13)12-15(20)17-14(19)8-11-23-17/h8,11,13,15-16,20H,6-7,9-10,12H2,1-5H3/t15?,16-/m0/s1. The second-order valence-corrected chi connectivity index (χ2v) is 15.1. The van der Waals surface area contributed by atoms with Gasteiger partial charge in [0.15, 0.2) is 8.32 Å². The van der Waals surface area contributed by atoms with Crippen LogP contribution in [-0.2, 0) is 9.16 Å². The molecule has 2 heterocycles. The van der Waals surface area contributed by atoms with Crippen LogP contribution in [0.15, 0.2) is 11.4 Å². The molecule has 1 aliphatic heterocycles. The maximum atomic E-state index is 10.8. The van der Waals surface area contributed by atoms with Gasteiger partial charge in [0.2, 0.25) is 0 Å². The summed E-state index contributed by atoms with van der Waals surface area (Å²) >= 11 is 3.95. The highest BCUT2D eigenvalue weighted by molar-refractivity contribution is 14.1. The van der Waals surface area contributed by atoms with Gasteiger partial charge in [-0.2, -0.15) is 0 Å². The molecule has 0 radical (unpaired) electrons. The van der Waals surface area contributed by atoms with Crippen molar-refractivity contribution in [1.29, 1.82) is 0 Å². The topological polar surface area (TPSA) is 38.7 Å². The molecule has 1 unspecified atom stereocenters. The third kappa shape index (κ3) is 5.27. The van der Waals surface area contributed by atoms with Gasteiger partial charge in [-0.1, -0.05) is 20.8 Å². The van der Waals surface area contributed by atoms with Crippen molar-refractivity contribution in [1.82, 2.24) is 0 Å². The van der Waals surface area contributed by atoms with Crippen molar-refractivity contribution < 1.29 is 14.3 Å². The van der Waals surface area contributed by atoms with Gasteiger partial charge in [-0.3, -0.25) is 0 Å². The van der Waals surface area contributed by atoms with Crippen molar-refractivity contribution in [2.45, 2.75) is 70.4 Å². The molecule has 0 amide bonds. The molecule has 2 rings (SSSR count). The predicted octanol–water partition coefficient (Wildman–Crippen LogP) is 5.59. The number of thiophene rings is 1. The number of aliphatic hydroxyl groups excluding tert-OH is 1. The molecular weight excluding hydrogens is 451 g/mol. The summed E-state index contributed by atoms with van der Waals surface area (Å²) in [5, 5.41) is 13.0. The van der Waals surface area contributed by atoms with Gasteiger partial charge in [0.1, 0.15) is 0 Å². The van der Waals surface area contributed by atoms with Crippen LogP contribution in [0.25, 0.3) is 0 Å². The first-order chi connectivity index (χ1) is 11.1. The lowest BCUT2D eigenvalue weighted by Gasteiger charge is -2.42. The molecule has 1 aromatic heterocycles. The van der Waals surface area contributed by atoms with E-state index in [0.717, 1.165) is 34.5 Å². The van der Waals surface area contributed by atoms with Gasteiger partial charge >= 0.3 is 0 Å². The first kappa shape index (κ1) is 20.8. The molecule has 3 nitrogen and oxygen atoms in total. The Morgan fingerprint density at radius 3 is 2.50 bits per heavy atom. The fraction of sp³-hybridized carbons (Fsp3) is 0.778. The predicted molar refractivity (Wildman–Crippen MR) is 112 cm³/mol. The maximum absolute atomic E-state index is 10.8. The van der Waals surface area contributed by atoms with E-state index in [4.69, 9.17) is 9.16 Å². The number of aliphatic hydroxyl groups is 1. The number of hydrogen-bond donors (Lipinski definition) is 1. The van der Waals surface area contributed by atoms with E-state index < -0.39 is 14.4 Å². The lowest BCUT2D eigenvalue weighted by Crippen LogP contribution is -2.47. The largest absolute Gasteiger partial charge is 0.414 e. The fourth-order valence-corrected chi connectivity index (χ4v) is 6.20. The highest BCUT2D eigenvalue weighted by atomic mass is 127. The van der Waals surface area contributed by atoms with Crippen molar-refractivity contribution in [3.05, 3.63) is 19.9 Å². The molecule has 1 fully saturated rings. The van der Waals surface area contributed by atoms with Gasteiger partial charge in [-0.25, -0.2) is 0 Å². The van der Waals surface area contributed by atoms with E-state index in [1.807, 2.05) is 0 Å². The minimum absolute atomic E-state index is 0.114. The molecule has 0 aliphatic carbocycles. The Morgan fingerprint density at radius 2 is 2.00 bits per heavy atom.